The zero-order chi connectivity index (χ0) is 17.8. The molecule has 2 aliphatic heterocycles. The molecule has 0 fully saturated rings. The lowest BCUT2D eigenvalue weighted by atomic mass is 10.1. The second-order valence-corrected chi connectivity index (χ2v) is 8.61. The van der Waals surface area contributed by atoms with Gasteiger partial charge in [-0.3, -0.25) is 4.99 Å². The number of aryl methyl sites for hydroxylation is 2. The minimum absolute atomic E-state index is 0.874. The Labute approximate surface area is 164 Å². The van der Waals surface area contributed by atoms with Gasteiger partial charge in [-0.05, 0) is 44.0 Å². The fourth-order valence-electron chi connectivity index (χ4n) is 3.67. The number of aliphatic imine (C=N–C) groups is 2. The van der Waals surface area contributed by atoms with Crippen molar-refractivity contribution in [1.29, 1.82) is 0 Å². The van der Waals surface area contributed by atoms with Crippen LogP contribution in [-0.2, 0) is 0 Å². The average Bonchev–Trinajstić information content (AvgIpc) is 3.00. The molecule has 0 atom stereocenters. The molecule has 0 bridgehead atoms. The highest BCUT2D eigenvalue weighted by molar-refractivity contribution is 9.10. The minimum Gasteiger partial charge on any atom is -0.309 e. The third kappa shape index (κ3) is 2.43. The molecule has 0 unspecified atom stereocenters. The summed E-state index contributed by atoms with van der Waals surface area (Å²) in [6, 6.07) is 10.5. The molecule has 0 amide bonds. The highest BCUT2D eigenvalue weighted by Gasteiger charge is 2.32. The summed E-state index contributed by atoms with van der Waals surface area (Å²) in [5, 5.41) is 1.16. The first-order chi connectivity index (χ1) is 12.6. The van der Waals surface area contributed by atoms with Crippen LogP contribution in [0, 0.1) is 13.8 Å². The van der Waals surface area contributed by atoms with Gasteiger partial charge in [-0.15, -0.1) is 11.3 Å². The van der Waals surface area contributed by atoms with Gasteiger partial charge in [0.2, 0.25) is 0 Å². The Hall–Kier alpha value is -2.05. The first-order valence-corrected chi connectivity index (χ1v) is 10.3. The fourth-order valence-corrected chi connectivity index (χ4v) is 5.19. The predicted octanol–water partition coefficient (Wildman–Crippen LogP) is 5.22. The summed E-state index contributed by atoms with van der Waals surface area (Å²) in [6.45, 7) is 6.02. The zero-order valence-corrected chi connectivity index (χ0v) is 17.0. The number of pyridine rings is 1. The van der Waals surface area contributed by atoms with Crippen molar-refractivity contribution in [2.24, 2.45) is 9.98 Å². The summed E-state index contributed by atoms with van der Waals surface area (Å²) in [6.07, 6.45) is 1.05. The molecule has 0 saturated carbocycles. The SMILES string of the molecule is Cc1cc(C)c2c3c(sc2n1)C1=NCCCN1C(c1ccc(Br)cc1)=N3. The van der Waals surface area contributed by atoms with Gasteiger partial charge >= 0.3 is 0 Å². The number of benzene rings is 1. The summed E-state index contributed by atoms with van der Waals surface area (Å²) >= 11 is 5.24. The Bertz CT molecular complexity index is 1100. The summed E-state index contributed by atoms with van der Waals surface area (Å²) in [5.74, 6) is 2.04. The maximum Gasteiger partial charge on any atom is 0.149 e. The monoisotopic (exact) mass is 424 g/mol. The van der Waals surface area contributed by atoms with E-state index in [1.807, 2.05) is 6.92 Å². The minimum atomic E-state index is 0.874. The number of thiophene rings is 1. The number of hydrogen-bond acceptors (Lipinski definition) is 5. The van der Waals surface area contributed by atoms with Crippen molar-refractivity contribution < 1.29 is 0 Å². The van der Waals surface area contributed by atoms with Crippen molar-refractivity contribution in [3.8, 4) is 0 Å². The second-order valence-electron chi connectivity index (χ2n) is 6.69. The Balaban J connectivity index is 1.81. The molecule has 130 valence electrons. The van der Waals surface area contributed by atoms with E-state index in [2.05, 4.69) is 58.1 Å². The van der Waals surface area contributed by atoms with Crippen LogP contribution in [0.15, 0.2) is 44.8 Å². The summed E-state index contributed by atoms with van der Waals surface area (Å²) in [5.41, 5.74) is 4.43. The highest BCUT2D eigenvalue weighted by atomic mass is 79.9. The molecule has 4 heterocycles. The predicted molar refractivity (Wildman–Crippen MR) is 112 cm³/mol. The van der Waals surface area contributed by atoms with E-state index in [1.54, 1.807) is 11.3 Å². The van der Waals surface area contributed by atoms with Crippen LogP contribution in [0.2, 0.25) is 0 Å². The third-order valence-electron chi connectivity index (χ3n) is 4.80. The maximum atomic E-state index is 5.13. The van der Waals surface area contributed by atoms with E-state index in [0.29, 0.717) is 0 Å². The van der Waals surface area contributed by atoms with Crippen LogP contribution in [0.3, 0.4) is 0 Å². The molecule has 1 aromatic carbocycles. The van der Waals surface area contributed by atoms with E-state index in [9.17, 15) is 0 Å². The first kappa shape index (κ1) is 16.1. The van der Waals surface area contributed by atoms with Crippen molar-refractivity contribution in [1.82, 2.24) is 9.88 Å². The normalized spacial score (nSPS) is 16.2. The van der Waals surface area contributed by atoms with E-state index in [1.165, 1.54) is 5.56 Å². The molecule has 0 spiro atoms. The molecular formula is C20H17BrN4S. The van der Waals surface area contributed by atoms with E-state index >= 15 is 0 Å². The number of halogens is 1. The van der Waals surface area contributed by atoms with Crippen LogP contribution in [0.4, 0.5) is 5.69 Å². The van der Waals surface area contributed by atoms with Crippen molar-refractivity contribution in [2.75, 3.05) is 13.1 Å². The molecule has 26 heavy (non-hydrogen) atoms. The molecule has 0 radical (unpaired) electrons. The van der Waals surface area contributed by atoms with Gasteiger partial charge in [0.1, 0.15) is 16.5 Å². The average molecular weight is 425 g/mol. The van der Waals surface area contributed by atoms with E-state index in [4.69, 9.17) is 15.0 Å². The van der Waals surface area contributed by atoms with Crippen molar-refractivity contribution in [2.45, 2.75) is 20.3 Å². The van der Waals surface area contributed by atoms with Gasteiger partial charge in [-0.1, -0.05) is 28.1 Å². The Morgan fingerprint density at radius 3 is 2.73 bits per heavy atom. The largest absolute Gasteiger partial charge is 0.309 e. The van der Waals surface area contributed by atoms with Crippen molar-refractivity contribution in [3.63, 3.8) is 0 Å². The lowest BCUT2D eigenvalue weighted by molar-refractivity contribution is 0.548. The van der Waals surface area contributed by atoms with Crippen LogP contribution in [0.1, 0.15) is 28.1 Å². The highest BCUT2D eigenvalue weighted by Crippen LogP contribution is 2.43. The molecule has 6 heteroatoms. The molecule has 3 aromatic rings. The molecule has 0 N–H and O–H groups in total. The molecule has 0 saturated heterocycles. The van der Waals surface area contributed by atoms with Gasteiger partial charge in [0.15, 0.2) is 0 Å². The Morgan fingerprint density at radius 1 is 1.12 bits per heavy atom. The topological polar surface area (TPSA) is 40.9 Å². The number of fused-ring (bicyclic) bond motifs is 5. The second kappa shape index (κ2) is 5.99. The van der Waals surface area contributed by atoms with Crippen LogP contribution in [0.5, 0.6) is 0 Å². The van der Waals surface area contributed by atoms with Crippen molar-refractivity contribution >= 4 is 54.8 Å². The summed E-state index contributed by atoms with van der Waals surface area (Å²) in [4.78, 5) is 19.2. The Morgan fingerprint density at radius 2 is 1.92 bits per heavy atom. The smallest absolute Gasteiger partial charge is 0.149 e. The van der Waals surface area contributed by atoms with Gasteiger partial charge in [-0.2, -0.15) is 0 Å². The van der Waals surface area contributed by atoms with Gasteiger partial charge in [0.05, 0.1) is 10.6 Å². The van der Waals surface area contributed by atoms with Crippen LogP contribution in [0.25, 0.3) is 10.2 Å². The fraction of sp³-hybridized carbons (Fsp3) is 0.250. The van der Waals surface area contributed by atoms with Crippen LogP contribution < -0.4 is 0 Å². The quantitative estimate of drug-likeness (QED) is 0.537. The lowest BCUT2D eigenvalue weighted by Crippen LogP contribution is -2.43. The Kier molecular flexibility index (Phi) is 3.72. The first-order valence-electron chi connectivity index (χ1n) is 8.69. The number of nitrogens with zero attached hydrogens (tertiary/aromatic N) is 4. The van der Waals surface area contributed by atoms with Gasteiger partial charge in [0.25, 0.3) is 0 Å². The van der Waals surface area contributed by atoms with Crippen LogP contribution in [-0.4, -0.2) is 34.6 Å². The van der Waals surface area contributed by atoms with E-state index < -0.39 is 0 Å². The lowest BCUT2D eigenvalue weighted by Gasteiger charge is -2.33. The van der Waals surface area contributed by atoms with Gasteiger partial charge < -0.3 is 4.90 Å². The molecular weight excluding hydrogens is 408 g/mol. The molecule has 2 aromatic heterocycles. The maximum absolute atomic E-state index is 5.13. The standard InChI is InChI=1S/C20H17BrN4S/c1-11-10-12(2)23-20-15(11)16-17(26-20)19-22-8-3-9-25(19)18(24-16)13-4-6-14(21)7-5-13/h4-7,10H,3,8-9H2,1-2H3. The van der Waals surface area contributed by atoms with Gasteiger partial charge in [0, 0.05) is 34.2 Å². The molecule has 5 rings (SSSR count). The number of hydrogen-bond donors (Lipinski definition) is 0. The van der Waals surface area contributed by atoms with Gasteiger partial charge in [-0.25, -0.2) is 9.98 Å². The van der Waals surface area contributed by atoms with Crippen LogP contribution >= 0.6 is 27.3 Å². The van der Waals surface area contributed by atoms with Crippen molar-refractivity contribution in [3.05, 3.63) is 56.5 Å². The number of rotatable bonds is 1. The summed E-state index contributed by atoms with van der Waals surface area (Å²) in [7, 11) is 0. The van der Waals surface area contributed by atoms with E-state index in [0.717, 1.165) is 67.7 Å². The third-order valence-corrected chi connectivity index (χ3v) is 6.40. The van der Waals surface area contributed by atoms with E-state index in [-0.39, 0.29) is 0 Å². The molecule has 4 nitrogen and oxygen atoms in total. The number of aromatic nitrogens is 1. The number of amidine groups is 2. The summed E-state index contributed by atoms with van der Waals surface area (Å²) < 4.78 is 1.07. The molecule has 0 aliphatic carbocycles. The molecule has 2 aliphatic rings. The zero-order valence-electron chi connectivity index (χ0n) is 14.6.